The summed E-state index contributed by atoms with van der Waals surface area (Å²) in [5, 5.41) is 11.7. The highest BCUT2D eigenvalue weighted by Gasteiger charge is 2.24. The van der Waals surface area contributed by atoms with Crippen LogP contribution in [0.15, 0.2) is 54.9 Å². The fourth-order valence-corrected chi connectivity index (χ4v) is 3.50. The summed E-state index contributed by atoms with van der Waals surface area (Å²) in [6, 6.07) is 13.0. The van der Waals surface area contributed by atoms with Crippen LogP contribution in [-0.2, 0) is 4.79 Å². The molecule has 1 aromatic carbocycles. The number of nitrogens with zero attached hydrogens (tertiary/aromatic N) is 4. The van der Waals surface area contributed by atoms with Gasteiger partial charge in [0.05, 0.1) is 5.56 Å². The van der Waals surface area contributed by atoms with Crippen molar-refractivity contribution in [1.82, 2.24) is 15.2 Å². The molecule has 2 amide bonds. The van der Waals surface area contributed by atoms with Crippen molar-refractivity contribution in [1.29, 1.82) is 5.26 Å². The molecule has 1 N–H and O–H groups in total. The topological polar surface area (TPSA) is 89.3 Å². The summed E-state index contributed by atoms with van der Waals surface area (Å²) < 4.78 is 0. The van der Waals surface area contributed by atoms with E-state index in [1.807, 2.05) is 43.0 Å². The molecule has 1 atom stereocenters. The Labute approximate surface area is 183 Å². The molecule has 1 unspecified atom stereocenters. The smallest absolute Gasteiger partial charge is 0.255 e. The molecule has 0 radical (unpaired) electrons. The molecule has 7 heteroatoms. The summed E-state index contributed by atoms with van der Waals surface area (Å²) in [5.41, 5.74) is 2.57. The van der Waals surface area contributed by atoms with Gasteiger partial charge in [0.15, 0.2) is 0 Å². The van der Waals surface area contributed by atoms with Crippen LogP contribution in [0.1, 0.15) is 34.8 Å². The molecule has 0 bridgehead atoms. The second kappa shape index (κ2) is 9.90. The van der Waals surface area contributed by atoms with E-state index in [1.165, 1.54) is 0 Å². The number of aromatic nitrogens is 1. The highest BCUT2D eigenvalue weighted by atomic mass is 16.2. The molecule has 1 fully saturated rings. The van der Waals surface area contributed by atoms with E-state index in [-0.39, 0.29) is 17.7 Å². The number of nitriles is 1. The fraction of sp³-hybridized carbons (Fsp3) is 0.333. The first-order valence-corrected chi connectivity index (χ1v) is 10.3. The number of benzene rings is 1. The van der Waals surface area contributed by atoms with E-state index in [0.717, 1.165) is 11.4 Å². The van der Waals surface area contributed by atoms with E-state index in [9.17, 15) is 9.59 Å². The number of amides is 2. The highest BCUT2D eigenvalue weighted by molar-refractivity contribution is 5.96. The van der Waals surface area contributed by atoms with Crippen LogP contribution < -0.4 is 10.2 Å². The Balaban J connectivity index is 1.48. The summed E-state index contributed by atoms with van der Waals surface area (Å²) in [5.74, 6) is 0.489. The molecule has 0 spiro atoms. The molecule has 0 aliphatic carbocycles. The van der Waals surface area contributed by atoms with Gasteiger partial charge in [0.1, 0.15) is 11.9 Å². The van der Waals surface area contributed by atoms with Crippen LogP contribution in [-0.4, -0.2) is 47.9 Å². The van der Waals surface area contributed by atoms with Crippen molar-refractivity contribution in [3.05, 3.63) is 71.6 Å². The van der Waals surface area contributed by atoms with Crippen LogP contribution in [0, 0.1) is 24.2 Å². The van der Waals surface area contributed by atoms with Gasteiger partial charge in [-0.1, -0.05) is 31.7 Å². The molecule has 1 saturated heterocycles. The average molecular weight is 418 g/mol. The molecule has 2 aromatic rings. The normalized spacial score (nSPS) is 14.5. The van der Waals surface area contributed by atoms with E-state index >= 15 is 0 Å². The third-order valence-corrected chi connectivity index (χ3v) is 5.57. The Bertz CT molecular complexity index is 1000. The van der Waals surface area contributed by atoms with Gasteiger partial charge in [0.2, 0.25) is 5.91 Å². The van der Waals surface area contributed by atoms with Crippen molar-refractivity contribution < 1.29 is 9.59 Å². The van der Waals surface area contributed by atoms with E-state index in [1.54, 1.807) is 18.3 Å². The molecule has 1 aliphatic rings. The molecular formula is C24H27N5O2. The molecule has 160 valence electrons. The lowest BCUT2D eigenvalue weighted by Crippen LogP contribution is -2.49. The second-order valence-electron chi connectivity index (χ2n) is 7.78. The summed E-state index contributed by atoms with van der Waals surface area (Å²) in [6.07, 6.45) is 1.85. The first kappa shape index (κ1) is 22.0. The van der Waals surface area contributed by atoms with Crippen molar-refractivity contribution in [3.8, 4) is 6.07 Å². The number of anilines is 1. The van der Waals surface area contributed by atoms with Gasteiger partial charge in [-0.3, -0.25) is 9.59 Å². The number of rotatable bonds is 6. The Morgan fingerprint density at radius 2 is 1.90 bits per heavy atom. The van der Waals surface area contributed by atoms with Gasteiger partial charge in [0, 0.05) is 56.0 Å². The zero-order chi connectivity index (χ0) is 22.4. The fourth-order valence-electron chi connectivity index (χ4n) is 3.50. The number of piperazine rings is 1. The quantitative estimate of drug-likeness (QED) is 0.781. The Hall–Kier alpha value is -3.66. The maximum Gasteiger partial charge on any atom is 0.255 e. The molecular weight excluding hydrogens is 390 g/mol. The number of nitrogens with one attached hydrogen (secondary N) is 1. The van der Waals surface area contributed by atoms with Crippen LogP contribution >= 0.6 is 0 Å². The van der Waals surface area contributed by atoms with Gasteiger partial charge in [-0.05, 0) is 30.7 Å². The second-order valence-corrected chi connectivity index (χ2v) is 7.78. The number of pyridine rings is 1. The maximum atomic E-state index is 12.8. The number of carbonyl (C=O) groups excluding carboxylic acids is 2. The predicted octanol–water partition coefficient (Wildman–Crippen LogP) is 2.88. The van der Waals surface area contributed by atoms with Crippen LogP contribution in [0.5, 0.6) is 0 Å². The van der Waals surface area contributed by atoms with Crippen molar-refractivity contribution >= 4 is 17.6 Å². The SMILES string of the molecule is C=C(NC(=O)c1ccccc1C)C(C)CC(=O)N1CCN(c2ccc(C#N)cn2)CC1. The molecule has 31 heavy (non-hydrogen) atoms. The van der Waals surface area contributed by atoms with Gasteiger partial charge in [0.25, 0.3) is 5.91 Å². The molecule has 1 aliphatic heterocycles. The lowest BCUT2D eigenvalue weighted by atomic mass is 10.0. The van der Waals surface area contributed by atoms with Crippen molar-refractivity contribution in [2.45, 2.75) is 20.3 Å². The molecule has 7 nitrogen and oxygen atoms in total. The van der Waals surface area contributed by atoms with Gasteiger partial charge in [-0.25, -0.2) is 4.98 Å². The van der Waals surface area contributed by atoms with E-state index in [2.05, 4.69) is 27.8 Å². The van der Waals surface area contributed by atoms with E-state index in [4.69, 9.17) is 5.26 Å². The van der Waals surface area contributed by atoms with Crippen LogP contribution in [0.25, 0.3) is 0 Å². The van der Waals surface area contributed by atoms with Crippen LogP contribution in [0.2, 0.25) is 0 Å². The standard InChI is InChI=1S/C24H27N5O2/c1-17-6-4-5-7-21(17)24(31)27-19(3)18(2)14-23(30)29-12-10-28(11-13-29)22-9-8-20(15-25)16-26-22/h4-9,16,18H,3,10-14H2,1-2H3,(H,27,31). The molecule has 3 rings (SSSR count). The van der Waals surface area contributed by atoms with Crippen molar-refractivity contribution in [2.24, 2.45) is 5.92 Å². The minimum atomic E-state index is -0.203. The van der Waals surface area contributed by atoms with E-state index < -0.39 is 0 Å². The number of carbonyl (C=O) groups is 2. The van der Waals surface area contributed by atoms with Gasteiger partial charge >= 0.3 is 0 Å². The lowest BCUT2D eigenvalue weighted by Gasteiger charge is -2.36. The van der Waals surface area contributed by atoms with Crippen molar-refractivity contribution in [2.75, 3.05) is 31.1 Å². The molecule has 2 heterocycles. The molecule has 1 aromatic heterocycles. The third kappa shape index (κ3) is 5.48. The monoisotopic (exact) mass is 417 g/mol. The predicted molar refractivity (Wildman–Crippen MR) is 119 cm³/mol. The number of aryl methyl sites for hydroxylation is 1. The van der Waals surface area contributed by atoms with E-state index in [0.29, 0.717) is 49.4 Å². The minimum absolute atomic E-state index is 0.0474. The van der Waals surface area contributed by atoms with Gasteiger partial charge < -0.3 is 15.1 Å². The number of hydrogen-bond donors (Lipinski definition) is 1. The summed E-state index contributed by atoms with van der Waals surface area (Å²) in [4.78, 5) is 33.5. The maximum absolute atomic E-state index is 12.8. The van der Waals surface area contributed by atoms with Gasteiger partial charge in [-0.15, -0.1) is 0 Å². The van der Waals surface area contributed by atoms with Crippen LogP contribution in [0.3, 0.4) is 0 Å². The van der Waals surface area contributed by atoms with Crippen LogP contribution in [0.4, 0.5) is 5.82 Å². The Morgan fingerprint density at radius 3 is 2.52 bits per heavy atom. The zero-order valence-corrected chi connectivity index (χ0v) is 18.0. The Morgan fingerprint density at radius 1 is 1.19 bits per heavy atom. The molecule has 0 saturated carbocycles. The lowest BCUT2D eigenvalue weighted by molar-refractivity contribution is -0.132. The summed E-state index contributed by atoms with van der Waals surface area (Å²) >= 11 is 0. The van der Waals surface area contributed by atoms with Gasteiger partial charge in [-0.2, -0.15) is 5.26 Å². The third-order valence-electron chi connectivity index (χ3n) is 5.57. The first-order valence-electron chi connectivity index (χ1n) is 10.3. The number of allylic oxidation sites excluding steroid dienone is 1. The van der Waals surface area contributed by atoms with Crippen molar-refractivity contribution in [3.63, 3.8) is 0 Å². The minimum Gasteiger partial charge on any atom is -0.353 e. The summed E-state index contributed by atoms with van der Waals surface area (Å²) in [6.45, 7) is 10.3. The zero-order valence-electron chi connectivity index (χ0n) is 18.0. The highest BCUT2D eigenvalue weighted by Crippen LogP contribution is 2.18. The first-order chi connectivity index (χ1) is 14.9. The Kier molecular flexibility index (Phi) is 7.03. The summed E-state index contributed by atoms with van der Waals surface area (Å²) in [7, 11) is 0. The number of hydrogen-bond acceptors (Lipinski definition) is 5. The average Bonchev–Trinajstić information content (AvgIpc) is 2.79. The largest absolute Gasteiger partial charge is 0.353 e.